The van der Waals surface area contributed by atoms with Gasteiger partial charge in [0.1, 0.15) is 0 Å². The van der Waals surface area contributed by atoms with Gasteiger partial charge in [-0.25, -0.2) is 0 Å². The van der Waals surface area contributed by atoms with Gasteiger partial charge in [-0.2, -0.15) is 0 Å². The van der Waals surface area contributed by atoms with Crippen molar-refractivity contribution in [2.75, 3.05) is 0 Å². The average Bonchev–Trinajstić information content (AvgIpc) is 2.41. The van der Waals surface area contributed by atoms with Gasteiger partial charge < -0.3 is 0 Å². The van der Waals surface area contributed by atoms with Crippen LogP contribution in [0.3, 0.4) is 0 Å². The zero-order chi connectivity index (χ0) is 11.7. The quantitative estimate of drug-likeness (QED) is 0.652. The van der Waals surface area contributed by atoms with Crippen LogP contribution in [0.1, 0.15) is 18.9 Å². The molecule has 0 aromatic heterocycles. The van der Waals surface area contributed by atoms with Gasteiger partial charge in [0.05, 0.1) is 0 Å². The SMILES string of the molecule is CC1=CC=C(c2ccccc2)C2CC=CC=C12. The molecule has 2 aliphatic rings. The lowest BCUT2D eigenvalue weighted by atomic mass is 9.76. The summed E-state index contributed by atoms with van der Waals surface area (Å²) in [5.41, 5.74) is 5.68. The van der Waals surface area contributed by atoms with E-state index in [0.717, 1.165) is 6.42 Å². The van der Waals surface area contributed by atoms with Gasteiger partial charge in [0.25, 0.3) is 0 Å². The topological polar surface area (TPSA) is 0 Å². The summed E-state index contributed by atoms with van der Waals surface area (Å²) in [7, 11) is 0. The monoisotopic (exact) mass is 220 g/mol. The van der Waals surface area contributed by atoms with Crippen LogP contribution in [0.25, 0.3) is 5.57 Å². The highest BCUT2D eigenvalue weighted by Crippen LogP contribution is 2.40. The minimum atomic E-state index is 0.549. The van der Waals surface area contributed by atoms with E-state index < -0.39 is 0 Å². The molecule has 1 aromatic carbocycles. The molecule has 0 fully saturated rings. The molecule has 1 aromatic rings. The summed E-state index contributed by atoms with van der Waals surface area (Å²) in [6, 6.07) is 10.7. The smallest absolute Gasteiger partial charge is 0.0132 e. The van der Waals surface area contributed by atoms with Crippen LogP contribution in [0.5, 0.6) is 0 Å². The first-order chi connectivity index (χ1) is 8.36. The summed E-state index contributed by atoms with van der Waals surface area (Å²) in [5.74, 6) is 0.549. The van der Waals surface area contributed by atoms with Gasteiger partial charge >= 0.3 is 0 Å². The fourth-order valence-electron chi connectivity index (χ4n) is 2.69. The van der Waals surface area contributed by atoms with Gasteiger partial charge in [-0.15, -0.1) is 0 Å². The molecular formula is C17H16. The fraction of sp³-hybridized carbons (Fsp3) is 0.176. The molecule has 2 aliphatic carbocycles. The van der Waals surface area contributed by atoms with E-state index in [2.05, 4.69) is 67.6 Å². The van der Waals surface area contributed by atoms with E-state index in [9.17, 15) is 0 Å². The van der Waals surface area contributed by atoms with E-state index in [-0.39, 0.29) is 0 Å². The Balaban J connectivity index is 2.07. The molecule has 0 spiro atoms. The predicted octanol–water partition coefficient (Wildman–Crippen LogP) is 4.53. The highest BCUT2D eigenvalue weighted by atomic mass is 14.3. The number of rotatable bonds is 1. The second kappa shape index (κ2) is 4.21. The van der Waals surface area contributed by atoms with Crippen molar-refractivity contribution in [1.29, 1.82) is 0 Å². The lowest BCUT2D eigenvalue weighted by molar-refractivity contribution is 0.786. The number of benzene rings is 1. The average molecular weight is 220 g/mol. The Labute approximate surface area is 103 Å². The van der Waals surface area contributed by atoms with E-state index >= 15 is 0 Å². The van der Waals surface area contributed by atoms with Gasteiger partial charge in [-0.3, -0.25) is 0 Å². The minimum Gasteiger partial charge on any atom is -0.0836 e. The van der Waals surface area contributed by atoms with Gasteiger partial charge in [0, 0.05) is 5.92 Å². The Morgan fingerprint density at radius 3 is 2.59 bits per heavy atom. The summed E-state index contributed by atoms with van der Waals surface area (Å²) < 4.78 is 0. The van der Waals surface area contributed by atoms with E-state index in [1.165, 1.54) is 22.3 Å². The first-order valence-corrected chi connectivity index (χ1v) is 6.17. The van der Waals surface area contributed by atoms with Crippen molar-refractivity contribution >= 4 is 5.57 Å². The Morgan fingerprint density at radius 2 is 1.76 bits per heavy atom. The molecule has 84 valence electrons. The Kier molecular flexibility index (Phi) is 2.56. The molecule has 0 saturated heterocycles. The Morgan fingerprint density at radius 1 is 0.941 bits per heavy atom. The van der Waals surface area contributed by atoms with Crippen LogP contribution in [0, 0.1) is 5.92 Å². The van der Waals surface area contributed by atoms with Gasteiger partial charge in [0.2, 0.25) is 0 Å². The summed E-state index contributed by atoms with van der Waals surface area (Å²) >= 11 is 0. The summed E-state index contributed by atoms with van der Waals surface area (Å²) in [6.07, 6.45) is 12.4. The van der Waals surface area contributed by atoms with Crippen molar-refractivity contribution in [1.82, 2.24) is 0 Å². The van der Waals surface area contributed by atoms with Crippen LogP contribution in [0.4, 0.5) is 0 Å². The van der Waals surface area contributed by atoms with Crippen LogP contribution in [-0.2, 0) is 0 Å². The maximum absolute atomic E-state index is 2.28. The number of fused-ring (bicyclic) bond motifs is 1. The Bertz CT molecular complexity index is 539. The second-order valence-corrected chi connectivity index (χ2v) is 4.68. The summed E-state index contributed by atoms with van der Waals surface area (Å²) in [5, 5.41) is 0. The molecule has 0 saturated carbocycles. The van der Waals surface area contributed by atoms with Gasteiger partial charge in [0.15, 0.2) is 0 Å². The molecule has 1 unspecified atom stereocenters. The van der Waals surface area contributed by atoms with E-state index in [1.54, 1.807) is 0 Å². The molecule has 0 bridgehead atoms. The normalized spacial score (nSPS) is 22.4. The third kappa shape index (κ3) is 1.80. The molecule has 1 atom stereocenters. The molecule has 0 aliphatic heterocycles. The van der Waals surface area contributed by atoms with E-state index in [4.69, 9.17) is 0 Å². The summed E-state index contributed by atoms with van der Waals surface area (Å²) in [6.45, 7) is 2.20. The fourth-order valence-corrected chi connectivity index (χ4v) is 2.69. The summed E-state index contributed by atoms with van der Waals surface area (Å²) in [4.78, 5) is 0. The number of hydrogen-bond donors (Lipinski definition) is 0. The standard InChI is InChI=1S/C17H16/c1-13-11-12-16(14-7-3-2-4-8-14)17-10-6-5-9-15(13)17/h2-9,11-12,17H,10H2,1H3. The van der Waals surface area contributed by atoms with Crippen LogP contribution in [0.15, 0.2) is 71.9 Å². The van der Waals surface area contributed by atoms with Gasteiger partial charge in [-0.05, 0) is 35.6 Å². The molecular weight excluding hydrogens is 204 g/mol. The third-order valence-corrected chi connectivity index (χ3v) is 3.61. The van der Waals surface area contributed by atoms with E-state index in [0.29, 0.717) is 5.92 Å². The third-order valence-electron chi connectivity index (χ3n) is 3.61. The zero-order valence-corrected chi connectivity index (χ0v) is 10.1. The van der Waals surface area contributed by atoms with Crippen molar-refractivity contribution in [3.8, 4) is 0 Å². The molecule has 17 heavy (non-hydrogen) atoms. The van der Waals surface area contributed by atoms with Crippen LogP contribution in [-0.4, -0.2) is 0 Å². The molecule has 0 nitrogen and oxygen atoms in total. The van der Waals surface area contributed by atoms with Crippen molar-refractivity contribution < 1.29 is 0 Å². The lowest BCUT2D eigenvalue weighted by Crippen LogP contribution is -2.12. The van der Waals surface area contributed by atoms with Crippen LogP contribution < -0.4 is 0 Å². The highest BCUT2D eigenvalue weighted by molar-refractivity contribution is 5.75. The highest BCUT2D eigenvalue weighted by Gasteiger charge is 2.23. The van der Waals surface area contributed by atoms with Gasteiger partial charge in [-0.1, -0.05) is 60.7 Å². The zero-order valence-electron chi connectivity index (χ0n) is 10.1. The molecule has 0 heteroatoms. The predicted molar refractivity (Wildman–Crippen MR) is 73.5 cm³/mol. The van der Waals surface area contributed by atoms with Crippen molar-refractivity contribution in [3.05, 3.63) is 77.4 Å². The van der Waals surface area contributed by atoms with Crippen molar-refractivity contribution in [2.45, 2.75) is 13.3 Å². The lowest BCUT2D eigenvalue weighted by Gasteiger charge is -2.28. The Hall–Kier alpha value is -1.82. The minimum absolute atomic E-state index is 0.549. The van der Waals surface area contributed by atoms with Crippen LogP contribution in [0.2, 0.25) is 0 Å². The van der Waals surface area contributed by atoms with Crippen molar-refractivity contribution in [2.24, 2.45) is 5.92 Å². The molecule has 0 radical (unpaired) electrons. The number of hydrogen-bond acceptors (Lipinski definition) is 0. The largest absolute Gasteiger partial charge is 0.0836 e. The molecule has 0 heterocycles. The van der Waals surface area contributed by atoms with Crippen LogP contribution >= 0.6 is 0 Å². The first-order valence-electron chi connectivity index (χ1n) is 6.17. The maximum Gasteiger partial charge on any atom is 0.0132 e. The first kappa shape index (κ1) is 10.3. The second-order valence-electron chi connectivity index (χ2n) is 4.68. The maximum atomic E-state index is 2.28. The van der Waals surface area contributed by atoms with Crippen molar-refractivity contribution in [3.63, 3.8) is 0 Å². The molecule has 3 rings (SSSR count). The molecule has 0 amide bonds. The number of allylic oxidation sites excluding steroid dienone is 8. The molecule has 0 N–H and O–H groups in total. The van der Waals surface area contributed by atoms with E-state index in [1.807, 2.05) is 0 Å².